The molecule has 0 saturated heterocycles. The summed E-state index contributed by atoms with van der Waals surface area (Å²) in [5.74, 6) is 0. The van der Waals surface area contributed by atoms with Crippen molar-refractivity contribution in [3.05, 3.63) is 18.0 Å². The summed E-state index contributed by atoms with van der Waals surface area (Å²) in [6, 6.07) is -0.0481. The number of urea groups is 1. The van der Waals surface area contributed by atoms with Gasteiger partial charge >= 0.3 is 6.03 Å². The Morgan fingerprint density at radius 2 is 2.50 bits per heavy atom. The molecule has 0 unspecified atom stereocenters. The maximum Gasteiger partial charge on any atom is 0.317 e. The van der Waals surface area contributed by atoms with Gasteiger partial charge in [0.05, 0.1) is 12.7 Å². The van der Waals surface area contributed by atoms with Crippen molar-refractivity contribution in [2.75, 3.05) is 13.6 Å². The van der Waals surface area contributed by atoms with Gasteiger partial charge in [-0.15, -0.1) is 0 Å². The molecule has 1 rings (SSSR count). The molecule has 0 aliphatic rings. The average Bonchev–Trinajstić information content (AvgIpc) is 2.66. The summed E-state index contributed by atoms with van der Waals surface area (Å²) in [6.45, 7) is 3.32. The molecule has 5 nitrogen and oxygen atoms in total. The molecule has 0 aromatic carbocycles. The number of H-pyrrole nitrogens is 1. The zero-order valence-corrected chi connectivity index (χ0v) is 8.58. The van der Waals surface area contributed by atoms with Crippen molar-refractivity contribution in [2.45, 2.75) is 19.9 Å². The fourth-order valence-corrected chi connectivity index (χ4v) is 1.08. The first-order chi connectivity index (χ1) is 6.74. The number of rotatable bonds is 4. The topological polar surface area (TPSA) is 61.0 Å². The van der Waals surface area contributed by atoms with Crippen LogP contribution in [0, 0.1) is 0 Å². The molecule has 1 aromatic rings. The lowest BCUT2D eigenvalue weighted by atomic mass is 10.3. The summed E-state index contributed by atoms with van der Waals surface area (Å²) in [7, 11) is 1.76. The Hall–Kier alpha value is -1.52. The van der Waals surface area contributed by atoms with Crippen molar-refractivity contribution in [2.24, 2.45) is 0 Å². The lowest BCUT2D eigenvalue weighted by Gasteiger charge is -2.16. The minimum atomic E-state index is -0.0481. The van der Waals surface area contributed by atoms with Crippen molar-refractivity contribution in [3.63, 3.8) is 0 Å². The number of hydrogen-bond donors (Lipinski definition) is 2. The molecule has 2 N–H and O–H groups in total. The molecule has 0 bridgehead atoms. The summed E-state index contributed by atoms with van der Waals surface area (Å²) >= 11 is 0. The van der Waals surface area contributed by atoms with Crippen LogP contribution < -0.4 is 5.32 Å². The molecular weight excluding hydrogens is 180 g/mol. The fourth-order valence-electron chi connectivity index (χ4n) is 1.08. The Labute approximate surface area is 83.5 Å². The predicted molar refractivity (Wildman–Crippen MR) is 53.7 cm³/mol. The highest BCUT2D eigenvalue weighted by atomic mass is 16.2. The van der Waals surface area contributed by atoms with Gasteiger partial charge < -0.3 is 10.2 Å². The van der Waals surface area contributed by atoms with E-state index in [1.165, 1.54) is 0 Å². The second-order valence-corrected chi connectivity index (χ2v) is 3.19. The minimum Gasteiger partial charge on any atom is -0.338 e. The van der Waals surface area contributed by atoms with Crippen molar-refractivity contribution in [1.82, 2.24) is 20.4 Å². The van der Waals surface area contributed by atoms with E-state index in [0.717, 1.165) is 12.0 Å². The van der Waals surface area contributed by atoms with Gasteiger partial charge in [0.25, 0.3) is 0 Å². The highest BCUT2D eigenvalue weighted by molar-refractivity contribution is 5.73. The van der Waals surface area contributed by atoms with Crippen molar-refractivity contribution < 1.29 is 4.79 Å². The number of nitrogens with one attached hydrogen (secondary N) is 2. The summed E-state index contributed by atoms with van der Waals surface area (Å²) in [5, 5.41) is 9.32. The quantitative estimate of drug-likeness (QED) is 0.753. The number of aromatic nitrogens is 2. The molecule has 0 aliphatic carbocycles. The Kier molecular flexibility index (Phi) is 3.97. The lowest BCUT2D eigenvalue weighted by Crippen LogP contribution is -2.37. The van der Waals surface area contributed by atoms with Gasteiger partial charge in [-0.05, 0) is 6.42 Å². The van der Waals surface area contributed by atoms with E-state index >= 15 is 0 Å². The van der Waals surface area contributed by atoms with Crippen LogP contribution in [-0.2, 0) is 6.54 Å². The van der Waals surface area contributed by atoms with Gasteiger partial charge in [-0.25, -0.2) is 4.79 Å². The van der Waals surface area contributed by atoms with Crippen LogP contribution in [0.3, 0.4) is 0 Å². The number of aromatic amines is 1. The molecule has 0 spiro atoms. The number of hydrogen-bond acceptors (Lipinski definition) is 2. The Morgan fingerprint density at radius 3 is 3.07 bits per heavy atom. The van der Waals surface area contributed by atoms with E-state index < -0.39 is 0 Å². The molecule has 2 amide bonds. The van der Waals surface area contributed by atoms with Gasteiger partial charge in [0.15, 0.2) is 0 Å². The molecule has 14 heavy (non-hydrogen) atoms. The summed E-state index contributed by atoms with van der Waals surface area (Å²) in [5.41, 5.74) is 0.999. The third kappa shape index (κ3) is 3.08. The van der Waals surface area contributed by atoms with Crippen LogP contribution >= 0.6 is 0 Å². The molecule has 0 atom stereocenters. The predicted octanol–water partition coefficient (Wildman–Crippen LogP) is 0.961. The van der Waals surface area contributed by atoms with E-state index in [2.05, 4.69) is 15.5 Å². The van der Waals surface area contributed by atoms with E-state index in [-0.39, 0.29) is 6.03 Å². The van der Waals surface area contributed by atoms with Gasteiger partial charge in [0.1, 0.15) is 0 Å². The molecule has 5 heteroatoms. The Morgan fingerprint density at radius 1 is 1.71 bits per heavy atom. The summed E-state index contributed by atoms with van der Waals surface area (Å²) in [4.78, 5) is 13.0. The van der Waals surface area contributed by atoms with Gasteiger partial charge in [-0.2, -0.15) is 5.10 Å². The van der Waals surface area contributed by atoms with Crippen molar-refractivity contribution in [3.8, 4) is 0 Å². The van der Waals surface area contributed by atoms with E-state index in [9.17, 15) is 4.79 Å². The van der Waals surface area contributed by atoms with E-state index in [0.29, 0.717) is 13.1 Å². The lowest BCUT2D eigenvalue weighted by molar-refractivity contribution is 0.207. The summed E-state index contributed by atoms with van der Waals surface area (Å²) in [6.07, 6.45) is 4.44. The molecule has 78 valence electrons. The summed E-state index contributed by atoms with van der Waals surface area (Å²) < 4.78 is 0. The minimum absolute atomic E-state index is 0.0481. The smallest absolute Gasteiger partial charge is 0.317 e. The molecule has 0 aliphatic heterocycles. The monoisotopic (exact) mass is 196 g/mol. The standard InChI is InChI=1S/C9H16N4O/c1-3-4-10-9(14)13(2)7-8-5-11-12-6-8/h5-6H,3-4,7H2,1-2H3,(H,10,14)(H,11,12). The Balaban J connectivity index is 2.34. The SMILES string of the molecule is CCCNC(=O)N(C)Cc1cn[nH]c1. The van der Waals surface area contributed by atoms with Crippen LogP contribution in [0.2, 0.25) is 0 Å². The number of carbonyl (C=O) groups is 1. The highest BCUT2D eigenvalue weighted by Gasteiger charge is 2.07. The first-order valence-electron chi connectivity index (χ1n) is 4.70. The molecule has 0 radical (unpaired) electrons. The molecule has 1 heterocycles. The zero-order chi connectivity index (χ0) is 10.4. The van der Waals surface area contributed by atoms with Gasteiger partial charge in [-0.1, -0.05) is 6.92 Å². The van der Waals surface area contributed by atoms with Crippen LogP contribution in [0.15, 0.2) is 12.4 Å². The molecule has 1 aromatic heterocycles. The van der Waals surface area contributed by atoms with E-state index in [1.54, 1.807) is 24.3 Å². The van der Waals surface area contributed by atoms with Crippen LogP contribution in [0.5, 0.6) is 0 Å². The first-order valence-corrected chi connectivity index (χ1v) is 4.70. The van der Waals surface area contributed by atoms with Gasteiger partial charge in [0, 0.05) is 25.4 Å². The third-order valence-electron chi connectivity index (χ3n) is 1.85. The zero-order valence-electron chi connectivity index (χ0n) is 8.58. The highest BCUT2D eigenvalue weighted by Crippen LogP contribution is 1.99. The van der Waals surface area contributed by atoms with E-state index in [1.807, 2.05) is 6.92 Å². The second-order valence-electron chi connectivity index (χ2n) is 3.19. The molecule has 0 saturated carbocycles. The van der Waals surface area contributed by atoms with Crippen molar-refractivity contribution in [1.29, 1.82) is 0 Å². The maximum absolute atomic E-state index is 11.4. The number of amides is 2. The largest absolute Gasteiger partial charge is 0.338 e. The number of nitrogens with zero attached hydrogens (tertiary/aromatic N) is 2. The maximum atomic E-state index is 11.4. The van der Waals surface area contributed by atoms with Gasteiger partial charge in [0.2, 0.25) is 0 Å². The normalized spacial score (nSPS) is 9.86. The Bertz CT molecular complexity index is 270. The van der Waals surface area contributed by atoms with E-state index in [4.69, 9.17) is 0 Å². The number of carbonyl (C=O) groups excluding carboxylic acids is 1. The van der Waals surface area contributed by atoms with Crippen LogP contribution in [0.4, 0.5) is 4.79 Å². The first kappa shape index (κ1) is 10.6. The van der Waals surface area contributed by atoms with Crippen LogP contribution in [0.1, 0.15) is 18.9 Å². The molecular formula is C9H16N4O. The van der Waals surface area contributed by atoms with Crippen LogP contribution in [0.25, 0.3) is 0 Å². The average molecular weight is 196 g/mol. The van der Waals surface area contributed by atoms with Crippen molar-refractivity contribution >= 4 is 6.03 Å². The van der Waals surface area contributed by atoms with Crippen LogP contribution in [-0.4, -0.2) is 34.7 Å². The molecule has 0 fully saturated rings. The third-order valence-corrected chi connectivity index (χ3v) is 1.85. The second kappa shape index (κ2) is 5.26. The fraction of sp³-hybridized carbons (Fsp3) is 0.556. The van der Waals surface area contributed by atoms with Gasteiger partial charge in [-0.3, -0.25) is 5.10 Å².